The second-order valence-electron chi connectivity index (χ2n) is 4.77. The zero-order valence-electron chi connectivity index (χ0n) is 12.8. The molecule has 0 radical (unpaired) electrons. The molecule has 116 valence electrons. The average molecular weight is 326 g/mol. The van der Waals surface area contributed by atoms with Gasteiger partial charge in [-0.05, 0) is 55.6 Å². The molecule has 3 N–H and O–H groups in total. The summed E-state index contributed by atoms with van der Waals surface area (Å²) in [4.78, 5) is 11.9. The van der Waals surface area contributed by atoms with Crippen molar-refractivity contribution < 1.29 is 4.79 Å². The van der Waals surface area contributed by atoms with Crippen molar-refractivity contribution in [1.82, 2.24) is 10.6 Å². The number of aryl methyl sites for hydroxylation is 2. The molecule has 4 nitrogen and oxygen atoms in total. The molecule has 0 saturated heterocycles. The van der Waals surface area contributed by atoms with E-state index in [-0.39, 0.29) is 12.5 Å². The Kier molecular flexibility index (Phi) is 8.15. The number of carbonyl (C=O) groups is 1. The van der Waals surface area contributed by atoms with Crippen molar-refractivity contribution >= 4 is 40.7 Å². The molecule has 0 fully saturated rings. The van der Waals surface area contributed by atoms with Gasteiger partial charge in [-0.1, -0.05) is 18.2 Å². The van der Waals surface area contributed by atoms with E-state index in [1.807, 2.05) is 43.8 Å². The molecule has 0 unspecified atom stereocenters. The van der Waals surface area contributed by atoms with Crippen molar-refractivity contribution in [3.05, 3.63) is 29.3 Å². The van der Waals surface area contributed by atoms with Crippen LogP contribution in [0.25, 0.3) is 0 Å². The lowest BCUT2D eigenvalue weighted by Gasteiger charge is -2.13. The van der Waals surface area contributed by atoms with Crippen LogP contribution in [0.1, 0.15) is 17.5 Å². The van der Waals surface area contributed by atoms with Gasteiger partial charge in [-0.15, -0.1) is 0 Å². The molecule has 0 bridgehead atoms. The Balaban J connectivity index is 2.32. The molecular formula is C15H23N3OS2. The predicted octanol–water partition coefficient (Wildman–Crippen LogP) is 2.46. The zero-order valence-corrected chi connectivity index (χ0v) is 14.4. The first-order valence-electron chi connectivity index (χ1n) is 6.91. The van der Waals surface area contributed by atoms with Crippen molar-refractivity contribution in [2.24, 2.45) is 0 Å². The van der Waals surface area contributed by atoms with E-state index < -0.39 is 0 Å². The summed E-state index contributed by atoms with van der Waals surface area (Å²) in [5.74, 6) is 1.00. The highest BCUT2D eigenvalue weighted by molar-refractivity contribution is 7.98. The van der Waals surface area contributed by atoms with Crippen molar-refractivity contribution in [3.8, 4) is 0 Å². The van der Waals surface area contributed by atoms with Gasteiger partial charge in [0.2, 0.25) is 5.91 Å². The predicted molar refractivity (Wildman–Crippen MR) is 96.1 cm³/mol. The number of benzene rings is 1. The van der Waals surface area contributed by atoms with Crippen LogP contribution in [0.5, 0.6) is 0 Å². The van der Waals surface area contributed by atoms with Gasteiger partial charge in [0.05, 0.1) is 6.54 Å². The Morgan fingerprint density at radius 2 is 1.90 bits per heavy atom. The number of anilines is 1. The summed E-state index contributed by atoms with van der Waals surface area (Å²) in [6.45, 7) is 4.95. The highest BCUT2D eigenvalue weighted by atomic mass is 32.2. The Morgan fingerprint density at radius 1 is 1.24 bits per heavy atom. The molecule has 0 aliphatic rings. The van der Waals surface area contributed by atoms with Crippen LogP contribution in [0, 0.1) is 13.8 Å². The van der Waals surface area contributed by atoms with Crippen LogP contribution in [-0.2, 0) is 4.79 Å². The third kappa shape index (κ3) is 6.82. The van der Waals surface area contributed by atoms with Gasteiger partial charge in [0.1, 0.15) is 0 Å². The number of hydrogen-bond donors (Lipinski definition) is 3. The molecule has 1 aromatic carbocycles. The van der Waals surface area contributed by atoms with E-state index in [9.17, 15) is 4.79 Å². The van der Waals surface area contributed by atoms with Gasteiger partial charge in [-0.25, -0.2) is 0 Å². The average Bonchev–Trinajstić information content (AvgIpc) is 2.45. The van der Waals surface area contributed by atoms with Crippen molar-refractivity contribution in [2.45, 2.75) is 20.3 Å². The van der Waals surface area contributed by atoms with Crippen LogP contribution in [0.4, 0.5) is 5.69 Å². The van der Waals surface area contributed by atoms with E-state index in [4.69, 9.17) is 12.2 Å². The van der Waals surface area contributed by atoms with Crippen LogP contribution < -0.4 is 16.0 Å². The van der Waals surface area contributed by atoms with Crippen molar-refractivity contribution in [2.75, 3.05) is 30.4 Å². The summed E-state index contributed by atoms with van der Waals surface area (Å²) in [6, 6.07) is 5.94. The van der Waals surface area contributed by atoms with Gasteiger partial charge in [0.15, 0.2) is 5.11 Å². The number of amides is 1. The molecule has 0 aliphatic heterocycles. The topological polar surface area (TPSA) is 53.2 Å². The molecule has 1 amide bonds. The van der Waals surface area contributed by atoms with Gasteiger partial charge >= 0.3 is 0 Å². The SMILES string of the molecule is CSCCCNC(=S)NCC(=O)Nc1c(C)cccc1C. The molecule has 21 heavy (non-hydrogen) atoms. The minimum Gasteiger partial charge on any atom is -0.363 e. The number of hydrogen-bond acceptors (Lipinski definition) is 3. The summed E-state index contributed by atoms with van der Waals surface area (Å²) in [7, 11) is 0. The smallest absolute Gasteiger partial charge is 0.243 e. The third-order valence-corrected chi connectivity index (χ3v) is 3.95. The minimum atomic E-state index is -0.0966. The van der Waals surface area contributed by atoms with E-state index in [1.165, 1.54) is 0 Å². The maximum absolute atomic E-state index is 11.9. The Morgan fingerprint density at radius 3 is 2.52 bits per heavy atom. The fourth-order valence-electron chi connectivity index (χ4n) is 1.84. The zero-order chi connectivity index (χ0) is 15.7. The number of para-hydroxylation sites is 1. The number of thiocarbonyl (C=S) groups is 1. The molecule has 6 heteroatoms. The van der Waals surface area contributed by atoms with Crippen LogP contribution in [0.15, 0.2) is 18.2 Å². The lowest BCUT2D eigenvalue weighted by molar-refractivity contribution is -0.115. The van der Waals surface area contributed by atoms with Gasteiger partial charge < -0.3 is 16.0 Å². The highest BCUT2D eigenvalue weighted by Crippen LogP contribution is 2.18. The van der Waals surface area contributed by atoms with Crippen LogP contribution >= 0.6 is 24.0 Å². The third-order valence-electron chi connectivity index (χ3n) is 2.97. The largest absolute Gasteiger partial charge is 0.363 e. The normalized spacial score (nSPS) is 10.0. The molecule has 1 rings (SSSR count). The molecule has 0 heterocycles. The number of carbonyl (C=O) groups excluding carboxylic acids is 1. The van der Waals surface area contributed by atoms with E-state index in [0.29, 0.717) is 5.11 Å². The van der Waals surface area contributed by atoms with Crippen molar-refractivity contribution in [3.63, 3.8) is 0 Å². The van der Waals surface area contributed by atoms with Gasteiger partial charge in [-0.2, -0.15) is 11.8 Å². The maximum Gasteiger partial charge on any atom is 0.243 e. The van der Waals surface area contributed by atoms with Crippen LogP contribution in [0.2, 0.25) is 0 Å². The monoisotopic (exact) mass is 325 g/mol. The van der Waals surface area contributed by atoms with Gasteiger partial charge in [0.25, 0.3) is 0 Å². The summed E-state index contributed by atoms with van der Waals surface area (Å²) in [6.07, 6.45) is 3.13. The molecule has 0 aliphatic carbocycles. The van der Waals surface area contributed by atoms with Crippen LogP contribution in [0.3, 0.4) is 0 Å². The lowest BCUT2D eigenvalue weighted by Crippen LogP contribution is -2.40. The molecule has 0 atom stereocenters. The molecule has 0 saturated carbocycles. The summed E-state index contributed by atoms with van der Waals surface area (Å²) < 4.78 is 0. The van der Waals surface area contributed by atoms with Crippen LogP contribution in [-0.4, -0.2) is 36.1 Å². The fraction of sp³-hybridized carbons (Fsp3) is 0.467. The first-order valence-corrected chi connectivity index (χ1v) is 8.71. The fourth-order valence-corrected chi connectivity index (χ4v) is 2.44. The number of rotatable bonds is 7. The molecular weight excluding hydrogens is 302 g/mol. The maximum atomic E-state index is 11.9. The second-order valence-corrected chi connectivity index (χ2v) is 6.16. The molecule has 0 spiro atoms. The molecule has 1 aromatic rings. The van der Waals surface area contributed by atoms with Gasteiger partial charge in [-0.3, -0.25) is 4.79 Å². The lowest BCUT2D eigenvalue weighted by atomic mass is 10.1. The quantitative estimate of drug-likeness (QED) is 0.531. The van der Waals surface area contributed by atoms with E-state index >= 15 is 0 Å². The molecule has 0 aromatic heterocycles. The Bertz CT molecular complexity index is 472. The van der Waals surface area contributed by atoms with E-state index in [0.717, 1.165) is 35.5 Å². The first-order chi connectivity index (χ1) is 10.0. The van der Waals surface area contributed by atoms with Crippen molar-refractivity contribution in [1.29, 1.82) is 0 Å². The number of thioether (sulfide) groups is 1. The Labute approximate surface area is 136 Å². The van der Waals surface area contributed by atoms with E-state index in [1.54, 1.807) is 0 Å². The first kappa shape index (κ1) is 17.8. The highest BCUT2D eigenvalue weighted by Gasteiger charge is 2.07. The standard InChI is InChI=1S/C15H23N3OS2/c1-11-6-4-7-12(2)14(11)18-13(19)10-17-15(20)16-8-5-9-21-3/h4,6-7H,5,8-10H2,1-3H3,(H,18,19)(H2,16,17,20). The summed E-state index contributed by atoms with van der Waals surface area (Å²) in [5.41, 5.74) is 2.99. The summed E-state index contributed by atoms with van der Waals surface area (Å²) in [5, 5.41) is 9.45. The number of nitrogens with one attached hydrogen (secondary N) is 3. The minimum absolute atomic E-state index is 0.0966. The Hall–Kier alpha value is -1.27. The second kappa shape index (κ2) is 9.63. The van der Waals surface area contributed by atoms with E-state index in [2.05, 4.69) is 22.2 Å². The summed E-state index contributed by atoms with van der Waals surface area (Å²) >= 11 is 6.94. The van der Waals surface area contributed by atoms with Gasteiger partial charge in [0, 0.05) is 12.2 Å².